The van der Waals surface area contributed by atoms with Crippen LogP contribution in [0.3, 0.4) is 0 Å². The van der Waals surface area contributed by atoms with Crippen LogP contribution in [0.2, 0.25) is 0 Å². The van der Waals surface area contributed by atoms with Crippen LogP contribution in [0.5, 0.6) is 0 Å². The molecule has 0 atom stereocenters. The van der Waals surface area contributed by atoms with Crippen molar-refractivity contribution in [3.8, 4) is 6.07 Å². The second-order valence-corrected chi connectivity index (χ2v) is 5.33. The van der Waals surface area contributed by atoms with Gasteiger partial charge in [-0.05, 0) is 32.4 Å². The van der Waals surface area contributed by atoms with Crippen molar-refractivity contribution in [2.24, 2.45) is 0 Å². The van der Waals surface area contributed by atoms with Crippen LogP contribution in [0.25, 0.3) is 0 Å². The number of thiophene rings is 1. The Labute approximate surface area is 115 Å². The molecule has 5 nitrogen and oxygen atoms in total. The van der Waals surface area contributed by atoms with E-state index in [0.717, 1.165) is 10.4 Å². The maximum absolute atomic E-state index is 12.0. The number of anilines is 1. The van der Waals surface area contributed by atoms with Crippen molar-refractivity contribution in [2.45, 2.75) is 27.3 Å². The van der Waals surface area contributed by atoms with Crippen LogP contribution < -0.4 is 5.32 Å². The Morgan fingerprint density at radius 3 is 2.89 bits per heavy atom. The zero-order valence-corrected chi connectivity index (χ0v) is 11.8. The van der Waals surface area contributed by atoms with Crippen LogP contribution in [0, 0.1) is 25.2 Å². The Morgan fingerprint density at radius 2 is 2.32 bits per heavy atom. The van der Waals surface area contributed by atoms with Gasteiger partial charge in [-0.25, -0.2) is 0 Å². The third-order valence-corrected chi connectivity index (χ3v) is 4.04. The van der Waals surface area contributed by atoms with Gasteiger partial charge in [0.15, 0.2) is 5.69 Å². The Kier molecular flexibility index (Phi) is 3.67. The highest BCUT2D eigenvalue weighted by molar-refractivity contribution is 7.16. The summed E-state index contributed by atoms with van der Waals surface area (Å²) in [7, 11) is 0. The van der Waals surface area contributed by atoms with E-state index in [1.807, 2.05) is 20.8 Å². The molecule has 0 spiro atoms. The maximum atomic E-state index is 12.0. The predicted octanol–water partition coefficient (Wildman–Crippen LogP) is 2.71. The van der Waals surface area contributed by atoms with Crippen molar-refractivity contribution in [3.05, 3.63) is 34.0 Å². The number of carbonyl (C=O) groups is 1. The van der Waals surface area contributed by atoms with Crippen molar-refractivity contribution in [2.75, 3.05) is 5.32 Å². The molecule has 0 aliphatic carbocycles. The smallest absolute Gasteiger partial charge is 0.276 e. The molecule has 2 aromatic rings. The summed E-state index contributed by atoms with van der Waals surface area (Å²) in [6, 6.07) is 3.79. The average molecular weight is 274 g/mol. The maximum Gasteiger partial charge on any atom is 0.276 e. The van der Waals surface area contributed by atoms with E-state index in [1.165, 1.54) is 11.3 Å². The first kappa shape index (κ1) is 13.3. The molecule has 2 heterocycles. The molecule has 0 bridgehead atoms. The molecule has 0 fully saturated rings. The first-order chi connectivity index (χ1) is 9.06. The van der Waals surface area contributed by atoms with Gasteiger partial charge in [0.1, 0.15) is 11.1 Å². The summed E-state index contributed by atoms with van der Waals surface area (Å²) in [6.45, 7) is 6.48. The summed E-state index contributed by atoms with van der Waals surface area (Å²) >= 11 is 1.41. The minimum absolute atomic E-state index is 0.287. The van der Waals surface area contributed by atoms with Gasteiger partial charge >= 0.3 is 0 Å². The Morgan fingerprint density at radius 1 is 1.58 bits per heavy atom. The van der Waals surface area contributed by atoms with Gasteiger partial charge in [-0.15, -0.1) is 11.3 Å². The molecule has 0 aromatic carbocycles. The summed E-state index contributed by atoms with van der Waals surface area (Å²) < 4.78 is 1.69. The fourth-order valence-corrected chi connectivity index (χ4v) is 2.68. The number of nitrogens with zero attached hydrogens (tertiary/aromatic N) is 3. The van der Waals surface area contributed by atoms with Crippen LogP contribution in [0.1, 0.15) is 33.4 Å². The molecule has 0 aliphatic heterocycles. The van der Waals surface area contributed by atoms with Crippen molar-refractivity contribution in [3.63, 3.8) is 0 Å². The molecular weight excluding hydrogens is 260 g/mol. The molecular formula is C13H14N4OS. The van der Waals surface area contributed by atoms with Gasteiger partial charge in [0, 0.05) is 17.6 Å². The Balaban J connectivity index is 2.24. The zero-order chi connectivity index (χ0) is 14.0. The highest BCUT2D eigenvalue weighted by Crippen LogP contribution is 2.31. The summed E-state index contributed by atoms with van der Waals surface area (Å²) in [5.74, 6) is -0.287. The summed E-state index contributed by atoms with van der Waals surface area (Å²) in [5, 5.41) is 16.6. The lowest BCUT2D eigenvalue weighted by atomic mass is 10.2. The third-order valence-electron chi connectivity index (χ3n) is 2.92. The first-order valence-electron chi connectivity index (χ1n) is 5.91. The molecule has 1 amide bonds. The van der Waals surface area contributed by atoms with Crippen LogP contribution in [0.4, 0.5) is 5.00 Å². The van der Waals surface area contributed by atoms with Crippen LogP contribution in [0.15, 0.2) is 12.3 Å². The molecule has 1 N–H and O–H groups in total. The van der Waals surface area contributed by atoms with Crippen LogP contribution in [-0.4, -0.2) is 15.7 Å². The van der Waals surface area contributed by atoms with Gasteiger partial charge in [0.05, 0.1) is 5.56 Å². The van der Waals surface area contributed by atoms with Gasteiger partial charge in [-0.3, -0.25) is 9.48 Å². The third kappa shape index (κ3) is 2.51. The van der Waals surface area contributed by atoms with Crippen LogP contribution in [-0.2, 0) is 6.54 Å². The van der Waals surface area contributed by atoms with E-state index < -0.39 is 0 Å². The van der Waals surface area contributed by atoms with E-state index in [1.54, 1.807) is 16.9 Å². The van der Waals surface area contributed by atoms with Gasteiger partial charge in [0.25, 0.3) is 5.91 Å². The molecule has 98 valence electrons. The number of hydrogen-bond donors (Lipinski definition) is 1. The monoisotopic (exact) mass is 274 g/mol. The molecule has 6 heteroatoms. The number of aromatic nitrogens is 2. The standard InChI is InChI=1S/C13H14N4OS/c1-4-17-6-5-11(16-17)12(18)15-13-10(7-14)8(2)9(3)19-13/h5-6H,4H2,1-3H3,(H,15,18). The molecule has 19 heavy (non-hydrogen) atoms. The summed E-state index contributed by atoms with van der Waals surface area (Å²) in [5.41, 5.74) is 1.81. The molecule has 0 saturated carbocycles. The number of nitrogens with one attached hydrogen (secondary N) is 1. The lowest BCUT2D eigenvalue weighted by Crippen LogP contribution is -2.13. The first-order valence-corrected chi connectivity index (χ1v) is 6.73. The Hall–Kier alpha value is -2.13. The molecule has 0 saturated heterocycles. The van der Waals surface area contributed by atoms with E-state index in [2.05, 4.69) is 16.5 Å². The Bertz CT molecular complexity index is 663. The quantitative estimate of drug-likeness (QED) is 0.935. The summed E-state index contributed by atoms with van der Waals surface area (Å²) in [4.78, 5) is 13.1. The molecule has 2 aromatic heterocycles. The molecule has 2 rings (SSSR count). The lowest BCUT2D eigenvalue weighted by Gasteiger charge is -2.00. The normalized spacial score (nSPS) is 10.2. The number of aryl methyl sites for hydroxylation is 2. The minimum Gasteiger partial charge on any atom is -0.311 e. The highest BCUT2D eigenvalue weighted by Gasteiger charge is 2.16. The molecule has 0 unspecified atom stereocenters. The van der Waals surface area contributed by atoms with Gasteiger partial charge in [-0.1, -0.05) is 0 Å². The number of amides is 1. The fourth-order valence-electron chi connectivity index (χ4n) is 1.68. The van der Waals surface area contributed by atoms with Crippen molar-refractivity contribution < 1.29 is 4.79 Å². The summed E-state index contributed by atoms with van der Waals surface area (Å²) in [6.07, 6.45) is 1.75. The van der Waals surface area contributed by atoms with E-state index in [9.17, 15) is 4.79 Å². The second-order valence-electron chi connectivity index (χ2n) is 4.11. The lowest BCUT2D eigenvalue weighted by molar-refractivity contribution is 0.102. The van der Waals surface area contributed by atoms with Crippen LogP contribution >= 0.6 is 11.3 Å². The van der Waals surface area contributed by atoms with E-state index >= 15 is 0 Å². The average Bonchev–Trinajstić information content (AvgIpc) is 2.96. The predicted molar refractivity (Wildman–Crippen MR) is 74.4 cm³/mol. The highest BCUT2D eigenvalue weighted by atomic mass is 32.1. The zero-order valence-electron chi connectivity index (χ0n) is 11.0. The molecule has 0 radical (unpaired) electrons. The van der Waals surface area contributed by atoms with Crippen molar-refractivity contribution in [1.29, 1.82) is 5.26 Å². The number of hydrogen-bond acceptors (Lipinski definition) is 4. The van der Waals surface area contributed by atoms with Gasteiger partial charge in [-0.2, -0.15) is 10.4 Å². The number of rotatable bonds is 3. The fraction of sp³-hybridized carbons (Fsp3) is 0.308. The number of carbonyl (C=O) groups excluding carboxylic acids is 1. The minimum atomic E-state index is -0.287. The van der Waals surface area contributed by atoms with E-state index in [0.29, 0.717) is 22.8 Å². The second kappa shape index (κ2) is 5.24. The molecule has 0 aliphatic rings. The topological polar surface area (TPSA) is 70.7 Å². The van der Waals surface area contributed by atoms with Gasteiger partial charge in [0.2, 0.25) is 0 Å². The van der Waals surface area contributed by atoms with E-state index in [-0.39, 0.29) is 5.91 Å². The van der Waals surface area contributed by atoms with Crippen molar-refractivity contribution in [1.82, 2.24) is 9.78 Å². The largest absolute Gasteiger partial charge is 0.311 e. The SMILES string of the molecule is CCn1ccc(C(=O)Nc2sc(C)c(C)c2C#N)n1. The van der Waals surface area contributed by atoms with E-state index in [4.69, 9.17) is 5.26 Å². The van der Waals surface area contributed by atoms with Gasteiger partial charge < -0.3 is 5.32 Å². The number of nitriles is 1. The van der Waals surface area contributed by atoms with Crippen molar-refractivity contribution >= 4 is 22.2 Å².